The molecular formula is C16H28N2O4. The van der Waals surface area contributed by atoms with E-state index in [0.29, 0.717) is 18.9 Å². The van der Waals surface area contributed by atoms with Gasteiger partial charge in [0, 0.05) is 43.6 Å². The minimum absolute atomic E-state index is 0.0508. The van der Waals surface area contributed by atoms with E-state index in [-0.39, 0.29) is 30.1 Å². The predicted octanol–water partition coefficient (Wildman–Crippen LogP) is -0.921. The lowest BCUT2D eigenvalue weighted by Crippen LogP contribution is -2.25. The number of hydrogen-bond acceptors (Lipinski definition) is 6. The van der Waals surface area contributed by atoms with Crippen LogP contribution in [0.2, 0.25) is 0 Å². The summed E-state index contributed by atoms with van der Waals surface area (Å²) in [4.78, 5) is 15.5. The maximum atomic E-state index is 11.3. The van der Waals surface area contributed by atoms with Crippen LogP contribution in [0.4, 0.5) is 0 Å². The predicted molar refractivity (Wildman–Crippen MR) is 81.4 cm³/mol. The summed E-state index contributed by atoms with van der Waals surface area (Å²) >= 11 is 0. The Labute approximate surface area is 131 Å². The molecule has 0 radical (unpaired) electrons. The van der Waals surface area contributed by atoms with Gasteiger partial charge in [-0.15, -0.1) is 0 Å². The molecule has 1 unspecified atom stereocenters. The minimum Gasteiger partial charge on any atom is -0.395 e. The van der Waals surface area contributed by atoms with Crippen LogP contribution in [0.25, 0.3) is 0 Å². The molecule has 3 N–H and O–H groups in total. The van der Waals surface area contributed by atoms with Crippen molar-refractivity contribution in [3.05, 3.63) is 0 Å². The monoisotopic (exact) mass is 312 g/mol. The first-order chi connectivity index (χ1) is 10.5. The zero-order chi connectivity index (χ0) is 15.8. The maximum Gasteiger partial charge on any atom is 0.154 e. The Morgan fingerprint density at radius 2 is 1.64 bits per heavy atom. The van der Waals surface area contributed by atoms with Crippen molar-refractivity contribution in [3.8, 4) is 0 Å². The quantitative estimate of drug-likeness (QED) is 0.623. The van der Waals surface area contributed by atoms with Crippen molar-refractivity contribution in [3.63, 3.8) is 0 Å². The average Bonchev–Trinajstić information content (AvgIpc) is 3.34. The van der Waals surface area contributed by atoms with Gasteiger partial charge in [0.1, 0.15) is 0 Å². The molecule has 2 aliphatic heterocycles. The Hall–Kier alpha value is -0.530. The highest BCUT2D eigenvalue weighted by atomic mass is 16.3. The van der Waals surface area contributed by atoms with Crippen LogP contribution in [0, 0.1) is 10.8 Å². The number of aliphatic hydroxyl groups is 3. The molecule has 6 heteroatoms. The van der Waals surface area contributed by atoms with Gasteiger partial charge in [-0.3, -0.25) is 14.6 Å². The van der Waals surface area contributed by atoms with Gasteiger partial charge in [-0.05, 0) is 25.7 Å². The third-order valence-corrected chi connectivity index (χ3v) is 5.74. The molecule has 4 aliphatic rings. The largest absolute Gasteiger partial charge is 0.395 e. The summed E-state index contributed by atoms with van der Waals surface area (Å²) in [6.07, 6.45) is 4.38. The van der Waals surface area contributed by atoms with E-state index < -0.39 is 0 Å². The Bertz CT molecular complexity index is 420. The second kappa shape index (κ2) is 6.17. The number of carbonyl (C=O) groups is 1. The summed E-state index contributed by atoms with van der Waals surface area (Å²) in [7, 11) is 0. The fourth-order valence-corrected chi connectivity index (χ4v) is 3.85. The van der Waals surface area contributed by atoms with Crippen molar-refractivity contribution in [2.45, 2.75) is 31.8 Å². The fraction of sp³-hybridized carbons (Fsp3) is 0.938. The van der Waals surface area contributed by atoms with E-state index >= 15 is 0 Å². The van der Waals surface area contributed by atoms with Crippen LogP contribution < -0.4 is 0 Å². The van der Waals surface area contributed by atoms with Gasteiger partial charge in [-0.1, -0.05) is 0 Å². The van der Waals surface area contributed by atoms with E-state index in [2.05, 4.69) is 9.80 Å². The molecule has 4 rings (SSSR count). The molecule has 0 bridgehead atoms. The molecule has 0 aromatic carbocycles. The summed E-state index contributed by atoms with van der Waals surface area (Å²) in [5.74, 6) is 0.394. The van der Waals surface area contributed by atoms with Crippen LogP contribution in [0.3, 0.4) is 0 Å². The Kier molecular flexibility index (Phi) is 4.58. The molecule has 0 aromatic heterocycles. The number of Topliss-reactive ketones (excluding diaryl/α,β-unsaturated/α-hetero) is 1. The maximum absolute atomic E-state index is 11.3. The van der Waals surface area contributed by atoms with Gasteiger partial charge >= 0.3 is 0 Å². The van der Waals surface area contributed by atoms with Gasteiger partial charge in [0.25, 0.3) is 0 Å². The van der Waals surface area contributed by atoms with Crippen molar-refractivity contribution in [1.29, 1.82) is 0 Å². The molecule has 1 atom stereocenters. The first-order valence-corrected chi connectivity index (χ1v) is 8.41. The molecule has 2 saturated carbocycles. The molecule has 2 heterocycles. The topological polar surface area (TPSA) is 84.2 Å². The van der Waals surface area contributed by atoms with Crippen molar-refractivity contribution in [2.24, 2.45) is 10.8 Å². The smallest absolute Gasteiger partial charge is 0.154 e. The second-order valence-electron chi connectivity index (χ2n) is 7.47. The number of carbonyl (C=O) groups excluding carboxylic acids is 1. The second-order valence-corrected chi connectivity index (χ2v) is 7.47. The number of hydrogen-bond donors (Lipinski definition) is 3. The average molecular weight is 312 g/mol. The first-order valence-electron chi connectivity index (χ1n) is 8.41. The molecule has 4 fully saturated rings. The Morgan fingerprint density at radius 3 is 2.09 bits per heavy atom. The SMILES string of the molecule is O=C1CN(CCO)CC12CC2.OCCN1CC(O)C2(CC2)C1. The van der Waals surface area contributed by atoms with Crippen LogP contribution in [0.15, 0.2) is 0 Å². The highest BCUT2D eigenvalue weighted by Crippen LogP contribution is 2.52. The summed E-state index contributed by atoms with van der Waals surface area (Å²) in [5.41, 5.74) is 0.296. The summed E-state index contributed by atoms with van der Waals surface area (Å²) in [6, 6.07) is 0. The van der Waals surface area contributed by atoms with Crippen LogP contribution >= 0.6 is 0 Å². The standard InChI is InChI=1S/C8H15NO2.C8H13NO2/c2*10-4-3-9-5-7(11)8(6-9)1-2-8/h7,10-11H,1-6H2;10H,1-6H2. The third-order valence-electron chi connectivity index (χ3n) is 5.74. The Morgan fingerprint density at radius 1 is 1.00 bits per heavy atom. The minimum atomic E-state index is -0.131. The van der Waals surface area contributed by atoms with Crippen molar-refractivity contribution < 1.29 is 20.1 Å². The zero-order valence-electron chi connectivity index (χ0n) is 13.2. The van der Waals surface area contributed by atoms with Gasteiger partial charge in [0.2, 0.25) is 0 Å². The van der Waals surface area contributed by atoms with Gasteiger partial charge in [-0.2, -0.15) is 0 Å². The summed E-state index contributed by atoms with van der Waals surface area (Å²) < 4.78 is 0. The van der Waals surface area contributed by atoms with Crippen molar-refractivity contribution in [2.75, 3.05) is 52.5 Å². The fourth-order valence-electron chi connectivity index (χ4n) is 3.85. The van der Waals surface area contributed by atoms with Gasteiger partial charge in [0.15, 0.2) is 5.78 Å². The van der Waals surface area contributed by atoms with E-state index in [1.807, 2.05) is 0 Å². The Balaban J connectivity index is 0.000000131. The van der Waals surface area contributed by atoms with E-state index in [9.17, 15) is 9.90 Å². The number of rotatable bonds is 4. The normalized spacial score (nSPS) is 31.6. The van der Waals surface area contributed by atoms with Crippen molar-refractivity contribution >= 4 is 5.78 Å². The lowest BCUT2D eigenvalue weighted by Gasteiger charge is -2.12. The molecule has 0 amide bonds. The lowest BCUT2D eigenvalue weighted by atomic mass is 10.0. The van der Waals surface area contributed by atoms with E-state index in [0.717, 1.165) is 39.0 Å². The summed E-state index contributed by atoms with van der Waals surface area (Å²) in [6.45, 7) is 4.99. The van der Waals surface area contributed by atoms with Gasteiger partial charge in [0.05, 0.1) is 25.9 Å². The zero-order valence-corrected chi connectivity index (χ0v) is 13.2. The lowest BCUT2D eigenvalue weighted by molar-refractivity contribution is -0.120. The molecule has 126 valence electrons. The van der Waals surface area contributed by atoms with Gasteiger partial charge in [-0.25, -0.2) is 0 Å². The van der Waals surface area contributed by atoms with Crippen molar-refractivity contribution in [1.82, 2.24) is 9.80 Å². The van der Waals surface area contributed by atoms with Crippen LogP contribution in [0.1, 0.15) is 25.7 Å². The first kappa shape index (κ1) is 16.3. The number of β-amino-alcohol motifs (C(OH)–C–C–N with tert-alkyl or cyclic N) is 3. The molecule has 22 heavy (non-hydrogen) atoms. The molecule has 2 aliphatic carbocycles. The molecule has 2 saturated heterocycles. The highest BCUT2D eigenvalue weighted by molar-refractivity contribution is 5.91. The summed E-state index contributed by atoms with van der Waals surface area (Å²) in [5, 5.41) is 26.9. The van der Waals surface area contributed by atoms with E-state index in [4.69, 9.17) is 10.2 Å². The number of aliphatic hydroxyl groups excluding tert-OH is 3. The highest BCUT2D eigenvalue weighted by Gasteiger charge is 2.55. The molecular weight excluding hydrogens is 284 g/mol. The number of nitrogens with zero attached hydrogens (tertiary/aromatic N) is 2. The number of ketones is 1. The third kappa shape index (κ3) is 3.21. The van der Waals surface area contributed by atoms with Crippen LogP contribution in [-0.4, -0.2) is 89.5 Å². The van der Waals surface area contributed by atoms with E-state index in [1.54, 1.807) is 0 Å². The number of likely N-dealkylation sites (tertiary alicyclic amines) is 2. The van der Waals surface area contributed by atoms with Gasteiger partial charge < -0.3 is 15.3 Å². The van der Waals surface area contributed by atoms with Crippen LogP contribution in [-0.2, 0) is 4.79 Å². The molecule has 0 aromatic rings. The molecule has 6 nitrogen and oxygen atoms in total. The molecule has 2 spiro atoms. The van der Waals surface area contributed by atoms with E-state index in [1.165, 1.54) is 12.8 Å². The van der Waals surface area contributed by atoms with Crippen LogP contribution in [0.5, 0.6) is 0 Å².